The van der Waals surface area contributed by atoms with Gasteiger partial charge in [0.15, 0.2) is 22.9 Å². The number of carbonyl (C=O) groups is 1. The number of nitrogens with zero attached hydrogens (tertiary/aromatic N) is 5. The van der Waals surface area contributed by atoms with E-state index in [0.717, 1.165) is 56.7 Å². The normalized spacial score (nSPS) is 17.1. The van der Waals surface area contributed by atoms with Crippen molar-refractivity contribution in [3.05, 3.63) is 35.2 Å². The number of pyridine rings is 1. The van der Waals surface area contributed by atoms with Crippen molar-refractivity contribution in [3.8, 4) is 5.75 Å². The number of furan rings is 1. The Morgan fingerprint density at radius 3 is 2.74 bits per heavy atom. The number of piperidine rings is 1. The summed E-state index contributed by atoms with van der Waals surface area (Å²) in [4.78, 5) is 28.1. The molecule has 1 saturated heterocycles. The molecular weight excluding hydrogens is 446 g/mol. The number of anilines is 1. The molecular formula is C26H35N5O4. The van der Waals surface area contributed by atoms with Crippen molar-refractivity contribution in [2.24, 2.45) is 4.99 Å². The van der Waals surface area contributed by atoms with Crippen molar-refractivity contribution in [1.29, 1.82) is 0 Å². The van der Waals surface area contributed by atoms with E-state index < -0.39 is 5.97 Å². The zero-order valence-electron chi connectivity index (χ0n) is 21.0. The minimum absolute atomic E-state index is 0.0819. The number of allylic oxidation sites excluding steroid dienone is 1. The molecule has 1 fully saturated rings. The quantitative estimate of drug-likeness (QED) is 0.542. The van der Waals surface area contributed by atoms with E-state index in [-0.39, 0.29) is 23.7 Å². The molecule has 0 aliphatic carbocycles. The topological polar surface area (TPSA) is 94.6 Å². The molecule has 0 amide bonds. The molecule has 0 spiro atoms. The molecule has 2 aromatic rings. The Labute approximate surface area is 206 Å². The van der Waals surface area contributed by atoms with Crippen LogP contribution in [0.4, 0.5) is 11.7 Å². The molecule has 2 aromatic heterocycles. The lowest BCUT2D eigenvalue weighted by Gasteiger charge is -2.38. The third-order valence-corrected chi connectivity index (χ3v) is 6.59. The molecule has 0 atom stereocenters. The van der Waals surface area contributed by atoms with E-state index in [0.29, 0.717) is 17.7 Å². The summed E-state index contributed by atoms with van der Waals surface area (Å²) in [6.45, 7) is 8.67. The Kier molecular flexibility index (Phi) is 7.87. The molecule has 9 heteroatoms. The van der Waals surface area contributed by atoms with Gasteiger partial charge >= 0.3 is 5.97 Å². The van der Waals surface area contributed by atoms with Crippen molar-refractivity contribution in [1.82, 2.24) is 14.8 Å². The maximum Gasteiger partial charge on any atom is 0.347 e. The summed E-state index contributed by atoms with van der Waals surface area (Å²) in [6.07, 6.45) is 6.97. The van der Waals surface area contributed by atoms with Crippen LogP contribution in [0, 0.1) is 0 Å². The van der Waals surface area contributed by atoms with E-state index >= 15 is 0 Å². The minimum Gasteiger partial charge on any atom is -0.504 e. The van der Waals surface area contributed by atoms with E-state index in [1.807, 2.05) is 17.0 Å². The van der Waals surface area contributed by atoms with Crippen LogP contribution in [0.1, 0.15) is 48.4 Å². The summed E-state index contributed by atoms with van der Waals surface area (Å²) < 4.78 is 11.4. The van der Waals surface area contributed by atoms with Gasteiger partial charge in [-0.1, -0.05) is 6.92 Å². The molecule has 1 N–H and O–H groups in total. The zero-order valence-corrected chi connectivity index (χ0v) is 21.0. The third kappa shape index (κ3) is 5.41. The lowest BCUT2D eigenvalue weighted by Crippen LogP contribution is -2.47. The fraction of sp³-hybridized carbons (Fsp3) is 0.500. The number of hydrogen-bond acceptors (Lipinski definition) is 9. The number of aromatic nitrogens is 1. The lowest BCUT2D eigenvalue weighted by atomic mass is 10.0. The Morgan fingerprint density at radius 2 is 2.06 bits per heavy atom. The summed E-state index contributed by atoms with van der Waals surface area (Å²) in [5.41, 5.74) is 1.69. The van der Waals surface area contributed by atoms with Crippen molar-refractivity contribution in [2.75, 3.05) is 58.3 Å². The Hall–Kier alpha value is -3.17. The van der Waals surface area contributed by atoms with Gasteiger partial charge in [0.2, 0.25) is 5.88 Å². The van der Waals surface area contributed by atoms with E-state index in [2.05, 4.69) is 40.8 Å². The first-order valence-corrected chi connectivity index (χ1v) is 12.3. The minimum atomic E-state index is -0.584. The van der Waals surface area contributed by atoms with Crippen LogP contribution in [0.15, 0.2) is 27.7 Å². The number of carbonyl (C=O) groups excluding carboxylic acids is 1. The molecule has 4 heterocycles. The van der Waals surface area contributed by atoms with Gasteiger partial charge < -0.3 is 24.1 Å². The Bertz CT molecular complexity index is 1100. The van der Waals surface area contributed by atoms with Crippen LogP contribution in [0.25, 0.3) is 11.6 Å². The van der Waals surface area contributed by atoms with E-state index in [1.54, 1.807) is 25.4 Å². The molecule has 0 saturated carbocycles. The standard InChI is InChI=1S/C26H35N5O4/c1-5-30(15-14-29(3)4)19-9-12-31(13-10-19)25-22(26(33)34-6-2)23(32)21(35-25)16-18-17-28-24-20(18)8-7-11-27-24/h7-8,11,16-17,19,32H,5-6,9-10,12-15H2,1-4H3. The first-order chi connectivity index (χ1) is 16.9. The average molecular weight is 482 g/mol. The molecule has 9 nitrogen and oxygen atoms in total. The summed E-state index contributed by atoms with van der Waals surface area (Å²) in [6, 6.07) is 4.22. The summed E-state index contributed by atoms with van der Waals surface area (Å²) in [5, 5.41) is 11.0. The van der Waals surface area contributed by atoms with Crippen molar-refractivity contribution >= 4 is 35.5 Å². The second-order valence-corrected chi connectivity index (χ2v) is 9.10. The highest BCUT2D eigenvalue weighted by atomic mass is 16.5. The summed E-state index contributed by atoms with van der Waals surface area (Å²) in [7, 11) is 4.19. The van der Waals surface area contributed by atoms with Gasteiger partial charge in [-0.25, -0.2) is 14.8 Å². The largest absolute Gasteiger partial charge is 0.504 e. The van der Waals surface area contributed by atoms with E-state index in [9.17, 15) is 9.90 Å². The molecule has 0 bridgehead atoms. The summed E-state index contributed by atoms with van der Waals surface area (Å²) >= 11 is 0. The third-order valence-electron chi connectivity index (χ3n) is 6.59. The number of hydrogen-bond donors (Lipinski definition) is 1. The number of fused-ring (bicyclic) bond motifs is 1. The van der Waals surface area contributed by atoms with Crippen LogP contribution in [0.5, 0.6) is 5.75 Å². The molecule has 35 heavy (non-hydrogen) atoms. The predicted molar refractivity (Wildman–Crippen MR) is 138 cm³/mol. The van der Waals surface area contributed by atoms with Crippen LogP contribution in [-0.2, 0) is 4.74 Å². The average Bonchev–Trinajstić information content (AvgIpc) is 3.41. The first kappa shape index (κ1) is 24.9. The lowest BCUT2D eigenvalue weighted by molar-refractivity contribution is 0.0523. The first-order valence-electron chi connectivity index (χ1n) is 12.3. The van der Waals surface area contributed by atoms with Gasteiger partial charge in [0.1, 0.15) is 0 Å². The van der Waals surface area contributed by atoms with Gasteiger partial charge in [0, 0.05) is 55.8 Å². The van der Waals surface area contributed by atoms with Gasteiger partial charge in [0.25, 0.3) is 0 Å². The van der Waals surface area contributed by atoms with E-state index in [4.69, 9.17) is 9.15 Å². The second kappa shape index (κ2) is 11.0. The molecule has 0 unspecified atom stereocenters. The highest BCUT2D eigenvalue weighted by Crippen LogP contribution is 2.40. The molecule has 2 aliphatic rings. The van der Waals surface area contributed by atoms with Crippen LogP contribution in [-0.4, -0.2) is 91.5 Å². The molecule has 2 aliphatic heterocycles. The van der Waals surface area contributed by atoms with Gasteiger partial charge in [0.05, 0.1) is 6.61 Å². The number of aromatic hydroxyl groups is 1. The highest BCUT2D eigenvalue weighted by Gasteiger charge is 2.33. The van der Waals surface area contributed by atoms with Gasteiger partial charge in [-0.15, -0.1) is 0 Å². The highest BCUT2D eigenvalue weighted by molar-refractivity contribution is 6.21. The molecule has 0 radical (unpaired) electrons. The number of aliphatic imine (C=N–C) groups is 1. The monoisotopic (exact) mass is 481 g/mol. The van der Waals surface area contributed by atoms with Crippen molar-refractivity contribution < 1.29 is 19.1 Å². The van der Waals surface area contributed by atoms with Crippen molar-refractivity contribution in [3.63, 3.8) is 0 Å². The second-order valence-electron chi connectivity index (χ2n) is 9.10. The fourth-order valence-electron chi connectivity index (χ4n) is 4.68. The zero-order chi connectivity index (χ0) is 24.9. The van der Waals surface area contributed by atoms with Crippen LogP contribution >= 0.6 is 0 Å². The van der Waals surface area contributed by atoms with Crippen LogP contribution in [0.2, 0.25) is 0 Å². The number of rotatable bonds is 9. The fourth-order valence-corrected chi connectivity index (χ4v) is 4.68. The maximum absolute atomic E-state index is 12.8. The number of likely N-dealkylation sites (N-methyl/N-ethyl adjacent to an activating group) is 2. The smallest absolute Gasteiger partial charge is 0.347 e. The van der Waals surface area contributed by atoms with Gasteiger partial charge in [-0.3, -0.25) is 4.90 Å². The predicted octanol–water partition coefficient (Wildman–Crippen LogP) is 3.67. The SMILES string of the molecule is CCOC(=O)c1c(N2CCC(N(CC)CCN(C)C)CC2)oc(C=C2C=Nc3ncccc32)c1O. The Morgan fingerprint density at radius 1 is 1.29 bits per heavy atom. The van der Waals surface area contributed by atoms with Gasteiger partial charge in [-0.2, -0.15) is 0 Å². The van der Waals surface area contributed by atoms with E-state index in [1.165, 1.54) is 0 Å². The number of ether oxygens (including phenoxy) is 1. The van der Waals surface area contributed by atoms with Gasteiger partial charge in [-0.05, 0) is 58.6 Å². The van der Waals surface area contributed by atoms with Crippen LogP contribution in [0.3, 0.4) is 0 Å². The van der Waals surface area contributed by atoms with Crippen molar-refractivity contribution in [2.45, 2.75) is 32.7 Å². The molecule has 4 rings (SSSR count). The summed E-state index contributed by atoms with van der Waals surface area (Å²) in [5.74, 6) is 0.403. The molecule has 0 aromatic carbocycles. The number of esters is 1. The maximum atomic E-state index is 12.8. The molecule has 188 valence electrons. The van der Waals surface area contributed by atoms with Crippen LogP contribution < -0.4 is 4.90 Å². The Balaban J connectivity index is 1.58.